The number of rotatable bonds is 4. The second kappa shape index (κ2) is 8.58. The molecule has 4 nitrogen and oxygen atoms in total. The molecule has 2 aliphatic rings. The number of hydrogen-bond donors (Lipinski definition) is 0. The molecule has 168 valence electrons. The van der Waals surface area contributed by atoms with Gasteiger partial charge >= 0.3 is 0 Å². The predicted molar refractivity (Wildman–Crippen MR) is 137 cm³/mol. The Kier molecular flexibility index (Phi) is 5.27. The average molecular weight is 465 g/mol. The van der Waals surface area contributed by atoms with E-state index in [0.29, 0.717) is 11.1 Å². The third-order valence-corrected chi connectivity index (χ3v) is 7.46. The molecule has 1 aromatic heterocycles. The Balaban J connectivity index is 1.59. The van der Waals surface area contributed by atoms with Crippen LogP contribution in [-0.4, -0.2) is 11.2 Å². The normalized spacial score (nSPS) is 17.0. The number of nitrogens with zero attached hydrogens (tertiary/aromatic N) is 2. The minimum absolute atomic E-state index is 0.0110. The lowest BCUT2D eigenvalue weighted by Gasteiger charge is -2.30. The minimum Gasteiger partial charge on any atom is -0.494 e. The topological polar surface area (TPSA) is 43.6 Å². The lowest BCUT2D eigenvalue weighted by molar-refractivity contribution is 0.340. The molecule has 6 rings (SSSR count). The third-order valence-electron chi connectivity index (χ3n) is 6.48. The predicted octanol–water partition coefficient (Wildman–Crippen LogP) is 4.72. The Bertz CT molecular complexity index is 1580. The van der Waals surface area contributed by atoms with Crippen LogP contribution >= 0.6 is 11.3 Å². The zero-order chi connectivity index (χ0) is 23.1. The van der Waals surface area contributed by atoms with Crippen LogP contribution in [0.1, 0.15) is 41.6 Å². The highest BCUT2D eigenvalue weighted by Crippen LogP contribution is 2.41. The Morgan fingerprint density at radius 2 is 1.76 bits per heavy atom. The van der Waals surface area contributed by atoms with Crippen molar-refractivity contribution < 1.29 is 4.74 Å². The van der Waals surface area contributed by atoms with Crippen molar-refractivity contribution in [2.45, 2.75) is 25.8 Å². The summed E-state index contributed by atoms with van der Waals surface area (Å²) in [4.78, 5) is 19.5. The van der Waals surface area contributed by atoms with Gasteiger partial charge in [-0.1, -0.05) is 78.1 Å². The van der Waals surface area contributed by atoms with Crippen molar-refractivity contribution in [1.82, 2.24) is 4.57 Å². The van der Waals surface area contributed by atoms with Crippen LogP contribution in [-0.2, 0) is 6.42 Å². The first-order chi connectivity index (χ1) is 16.7. The van der Waals surface area contributed by atoms with Crippen molar-refractivity contribution in [3.63, 3.8) is 0 Å². The van der Waals surface area contributed by atoms with Crippen LogP contribution in [0.25, 0.3) is 11.8 Å². The van der Waals surface area contributed by atoms with E-state index >= 15 is 0 Å². The molecular weight excluding hydrogens is 440 g/mol. The number of fused-ring (bicyclic) bond motifs is 3. The van der Waals surface area contributed by atoms with E-state index in [-0.39, 0.29) is 11.6 Å². The number of aromatic nitrogens is 1. The lowest BCUT2D eigenvalue weighted by Crippen LogP contribution is -2.38. The van der Waals surface area contributed by atoms with E-state index in [9.17, 15) is 4.79 Å². The Labute approximate surface area is 201 Å². The zero-order valence-electron chi connectivity index (χ0n) is 18.9. The summed E-state index contributed by atoms with van der Waals surface area (Å²) >= 11 is 1.47. The van der Waals surface area contributed by atoms with Crippen molar-refractivity contribution in [3.8, 4) is 5.75 Å². The summed E-state index contributed by atoms with van der Waals surface area (Å²) < 4.78 is 8.26. The van der Waals surface area contributed by atoms with Crippen molar-refractivity contribution in [3.05, 3.63) is 126 Å². The Morgan fingerprint density at radius 3 is 2.56 bits per heavy atom. The number of thiazole rings is 1. The highest BCUT2D eigenvalue weighted by atomic mass is 32.1. The molecule has 1 unspecified atom stereocenters. The summed E-state index contributed by atoms with van der Waals surface area (Å²) in [7, 11) is 0. The largest absolute Gasteiger partial charge is 0.494 e. The van der Waals surface area contributed by atoms with Gasteiger partial charge in [0.15, 0.2) is 4.80 Å². The first-order valence-electron chi connectivity index (χ1n) is 11.6. The maximum absolute atomic E-state index is 13.7. The van der Waals surface area contributed by atoms with Gasteiger partial charge in [-0.25, -0.2) is 4.99 Å². The van der Waals surface area contributed by atoms with E-state index in [0.717, 1.165) is 40.2 Å². The summed E-state index contributed by atoms with van der Waals surface area (Å²) in [5.74, 6) is 0.839. The summed E-state index contributed by atoms with van der Waals surface area (Å²) in [6, 6.07) is 26.5. The number of benzene rings is 3. The fourth-order valence-electron chi connectivity index (χ4n) is 4.94. The van der Waals surface area contributed by atoms with Crippen LogP contribution < -0.4 is 19.6 Å². The molecule has 2 heterocycles. The molecule has 5 heteroatoms. The van der Waals surface area contributed by atoms with Gasteiger partial charge in [-0.05, 0) is 60.2 Å². The van der Waals surface area contributed by atoms with E-state index in [1.54, 1.807) is 0 Å². The highest BCUT2D eigenvalue weighted by molar-refractivity contribution is 7.07. The Hall–Kier alpha value is -3.70. The van der Waals surface area contributed by atoms with Crippen LogP contribution in [0, 0.1) is 0 Å². The number of aryl methyl sites for hydroxylation is 1. The summed E-state index contributed by atoms with van der Waals surface area (Å²) in [6.45, 7) is 2.61. The molecule has 1 atom stereocenters. The summed E-state index contributed by atoms with van der Waals surface area (Å²) in [6.07, 6.45) is 3.80. The molecule has 0 fully saturated rings. The minimum atomic E-state index is -0.173. The first-order valence-corrected chi connectivity index (χ1v) is 12.5. The maximum Gasteiger partial charge on any atom is 0.271 e. The lowest BCUT2D eigenvalue weighted by atomic mass is 9.83. The van der Waals surface area contributed by atoms with E-state index < -0.39 is 0 Å². The second-order valence-electron chi connectivity index (χ2n) is 8.53. The van der Waals surface area contributed by atoms with Crippen LogP contribution in [0.2, 0.25) is 0 Å². The van der Waals surface area contributed by atoms with Gasteiger partial charge in [0.2, 0.25) is 0 Å². The van der Waals surface area contributed by atoms with E-state index in [2.05, 4.69) is 36.4 Å². The highest BCUT2D eigenvalue weighted by Gasteiger charge is 2.32. The van der Waals surface area contributed by atoms with Crippen molar-refractivity contribution in [1.29, 1.82) is 0 Å². The monoisotopic (exact) mass is 464 g/mol. The first kappa shape index (κ1) is 20.9. The molecule has 34 heavy (non-hydrogen) atoms. The van der Waals surface area contributed by atoms with Gasteiger partial charge in [-0.3, -0.25) is 9.36 Å². The van der Waals surface area contributed by atoms with E-state index in [1.807, 2.05) is 60.0 Å². The molecule has 0 spiro atoms. The SMILES string of the molecule is CCOc1ccc(C2C3=C(N=c4sc(=Cc5ccccc5)c(=O)n42)c2ccccc2CC3)cc1. The van der Waals surface area contributed by atoms with Gasteiger partial charge in [0.25, 0.3) is 5.56 Å². The van der Waals surface area contributed by atoms with Crippen LogP contribution in [0.15, 0.2) is 94.2 Å². The van der Waals surface area contributed by atoms with Crippen molar-refractivity contribution >= 4 is 23.1 Å². The van der Waals surface area contributed by atoms with Crippen LogP contribution in [0.3, 0.4) is 0 Å². The fraction of sp³-hybridized carbons (Fsp3) is 0.172. The average Bonchev–Trinajstić information content (AvgIpc) is 3.18. The molecule has 0 N–H and O–H groups in total. The molecule has 0 radical (unpaired) electrons. The third kappa shape index (κ3) is 3.53. The molecule has 0 bridgehead atoms. The molecular formula is C29H24N2O2S. The number of ether oxygens (including phenoxy) is 1. The van der Waals surface area contributed by atoms with Gasteiger partial charge in [0.1, 0.15) is 5.75 Å². The van der Waals surface area contributed by atoms with Gasteiger partial charge in [0, 0.05) is 5.56 Å². The second-order valence-corrected chi connectivity index (χ2v) is 9.54. The van der Waals surface area contributed by atoms with Gasteiger partial charge in [-0.2, -0.15) is 0 Å². The standard InChI is InChI=1S/C29H24N2O2S/c1-2-33-22-15-12-21(13-16-22)27-24-17-14-20-10-6-7-11-23(20)26(24)30-29-31(27)28(32)25(34-29)18-19-8-4-3-5-9-19/h3-13,15-16,18,27H,2,14,17H2,1H3. The molecule has 1 aliphatic heterocycles. The van der Waals surface area contributed by atoms with Crippen molar-refractivity contribution in [2.24, 2.45) is 4.99 Å². The van der Waals surface area contributed by atoms with Gasteiger partial charge < -0.3 is 4.74 Å². The number of allylic oxidation sites excluding steroid dienone is 1. The molecule has 0 saturated carbocycles. The fourth-order valence-corrected chi connectivity index (χ4v) is 5.94. The molecule has 0 saturated heterocycles. The van der Waals surface area contributed by atoms with E-state index in [1.165, 1.54) is 28.0 Å². The van der Waals surface area contributed by atoms with Crippen LogP contribution in [0.4, 0.5) is 0 Å². The summed E-state index contributed by atoms with van der Waals surface area (Å²) in [5.41, 5.74) is 6.84. The quantitative estimate of drug-likeness (QED) is 0.439. The number of hydrogen-bond acceptors (Lipinski definition) is 4. The zero-order valence-corrected chi connectivity index (χ0v) is 19.7. The van der Waals surface area contributed by atoms with Gasteiger partial charge in [-0.15, -0.1) is 0 Å². The smallest absolute Gasteiger partial charge is 0.271 e. The Morgan fingerprint density at radius 1 is 1.00 bits per heavy atom. The maximum atomic E-state index is 13.7. The van der Waals surface area contributed by atoms with Crippen LogP contribution in [0.5, 0.6) is 5.75 Å². The molecule has 3 aromatic carbocycles. The molecule has 4 aromatic rings. The molecule has 0 amide bonds. The van der Waals surface area contributed by atoms with Crippen molar-refractivity contribution in [2.75, 3.05) is 6.61 Å². The van der Waals surface area contributed by atoms with E-state index in [4.69, 9.17) is 9.73 Å². The summed E-state index contributed by atoms with van der Waals surface area (Å²) in [5, 5.41) is 0. The molecule has 1 aliphatic carbocycles. The van der Waals surface area contributed by atoms with Gasteiger partial charge in [0.05, 0.1) is 22.9 Å².